The Bertz CT molecular complexity index is 397. The molecule has 1 fully saturated rings. The first-order chi connectivity index (χ1) is 7.70. The zero-order chi connectivity index (χ0) is 11.5. The molecular formula is C11H14FN3O. The van der Waals surface area contributed by atoms with Crippen LogP contribution in [0.2, 0.25) is 0 Å². The van der Waals surface area contributed by atoms with Crippen LogP contribution in [0.3, 0.4) is 0 Å². The number of carbonyl (C=O) groups is 1. The van der Waals surface area contributed by atoms with Gasteiger partial charge in [0.2, 0.25) is 0 Å². The fourth-order valence-electron chi connectivity index (χ4n) is 1.99. The van der Waals surface area contributed by atoms with Gasteiger partial charge in [0.05, 0.1) is 6.04 Å². The average molecular weight is 223 g/mol. The molecule has 5 heteroatoms. The van der Waals surface area contributed by atoms with Crippen LogP contribution < -0.4 is 11.1 Å². The van der Waals surface area contributed by atoms with Gasteiger partial charge in [-0.05, 0) is 6.07 Å². The van der Waals surface area contributed by atoms with Gasteiger partial charge in [0.25, 0.3) is 0 Å². The summed E-state index contributed by atoms with van der Waals surface area (Å²) < 4.78 is 13.6. The first kappa shape index (κ1) is 10.9. The Labute approximate surface area is 93.2 Å². The highest BCUT2D eigenvalue weighted by atomic mass is 19.1. The summed E-state index contributed by atoms with van der Waals surface area (Å²) in [5, 5.41) is 3.13. The molecule has 1 aromatic rings. The molecule has 0 saturated carbocycles. The quantitative estimate of drug-likeness (QED) is 0.741. The van der Waals surface area contributed by atoms with Crippen LogP contribution in [-0.2, 0) is 0 Å². The molecule has 16 heavy (non-hydrogen) atoms. The molecule has 0 bridgehead atoms. The molecule has 1 unspecified atom stereocenters. The fraction of sp³-hybridized carbons (Fsp3) is 0.364. The smallest absolute Gasteiger partial charge is 0.315 e. The maximum absolute atomic E-state index is 13.6. The Morgan fingerprint density at radius 2 is 2.25 bits per heavy atom. The number of benzene rings is 1. The minimum absolute atomic E-state index is 0.303. The predicted octanol–water partition coefficient (Wildman–Crippen LogP) is 0.851. The Morgan fingerprint density at radius 1 is 1.50 bits per heavy atom. The van der Waals surface area contributed by atoms with Crippen molar-refractivity contribution in [2.75, 3.05) is 19.6 Å². The molecule has 1 aromatic carbocycles. The molecule has 0 radical (unpaired) electrons. The minimum Gasteiger partial charge on any atom is -0.351 e. The Hall–Kier alpha value is -1.62. The van der Waals surface area contributed by atoms with Crippen molar-refractivity contribution in [2.24, 2.45) is 5.73 Å². The van der Waals surface area contributed by atoms with Gasteiger partial charge in [-0.3, -0.25) is 0 Å². The van der Waals surface area contributed by atoms with Gasteiger partial charge >= 0.3 is 6.03 Å². The van der Waals surface area contributed by atoms with Gasteiger partial charge in [0.1, 0.15) is 5.82 Å². The molecule has 1 aliphatic heterocycles. The van der Waals surface area contributed by atoms with E-state index in [1.54, 1.807) is 18.2 Å². The highest BCUT2D eigenvalue weighted by Gasteiger charge is 2.27. The zero-order valence-corrected chi connectivity index (χ0v) is 8.82. The van der Waals surface area contributed by atoms with Gasteiger partial charge < -0.3 is 16.0 Å². The number of urea groups is 1. The maximum Gasteiger partial charge on any atom is 0.315 e. The number of carbonyl (C=O) groups excluding carboxylic acids is 1. The van der Waals surface area contributed by atoms with Crippen molar-refractivity contribution >= 4 is 6.03 Å². The van der Waals surface area contributed by atoms with Crippen molar-refractivity contribution in [3.63, 3.8) is 0 Å². The van der Waals surface area contributed by atoms with Crippen LogP contribution in [0.1, 0.15) is 11.6 Å². The Balaban J connectivity index is 2.30. The summed E-state index contributed by atoms with van der Waals surface area (Å²) in [7, 11) is 0. The molecule has 1 saturated heterocycles. The predicted molar refractivity (Wildman–Crippen MR) is 58.3 cm³/mol. The third kappa shape index (κ3) is 1.99. The standard InChI is InChI=1S/C11H14FN3O/c12-9-4-2-1-3-8(9)10-7-14-5-6-15(10)11(13)16/h1-4,10,14H,5-7H2,(H2,13,16). The number of nitrogens with two attached hydrogens (primary N) is 1. The number of amides is 2. The molecule has 0 aliphatic carbocycles. The van der Waals surface area contributed by atoms with E-state index >= 15 is 0 Å². The van der Waals surface area contributed by atoms with Gasteiger partial charge in [-0.1, -0.05) is 18.2 Å². The summed E-state index contributed by atoms with van der Waals surface area (Å²) >= 11 is 0. The molecule has 0 spiro atoms. The van der Waals surface area contributed by atoms with Crippen LogP contribution in [0.5, 0.6) is 0 Å². The molecule has 1 heterocycles. The second-order valence-corrected chi connectivity index (χ2v) is 3.77. The monoisotopic (exact) mass is 223 g/mol. The van der Waals surface area contributed by atoms with Crippen molar-refractivity contribution in [2.45, 2.75) is 6.04 Å². The minimum atomic E-state index is -0.505. The molecule has 4 nitrogen and oxygen atoms in total. The lowest BCUT2D eigenvalue weighted by atomic mass is 10.0. The summed E-state index contributed by atoms with van der Waals surface area (Å²) in [6.45, 7) is 1.73. The van der Waals surface area contributed by atoms with E-state index in [1.165, 1.54) is 11.0 Å². The summed E-state index contributed by atoms with van der Waals surface area (Å²) in [6.07, 6.45) is 0. The topological polar surface area (TPSA) is 58.4 Å². The first-order valence-corrected chi connectivity index (χ1v) is 5.21. The number of nitrogens with one attached hydrogen (secondary N) is 1. The third-order valence-electron chi connectivity index (χ3n) is 2.79. The van der Waals surface area contributed by atoms with E-state index in [0.717, 1.165) is 0 Å². The second-order valence-electron chi connectivity index (χ2n) is 3.77. The molecule has 2 amide bonds. The summed E-state index contributed by atoms with van der Waals surface area (Å²) in [4.78, 5) is 12.7. The van der Waals surface area contributed by atoms with Crippen LogP contribution in [0.15, 0.2) is 24.3 Å². The molecule has 1 aliphatic rings. The maximum atomic E-state index is 13.6. The van der Waals surface area contributed by atoms with Gasteiger partial charge in [-0.2, -0.15) is 0 Å². The average Bonchev–Trinajstić information content (AvgIpc) is 2.29. The highest BCUT2D eigenvalue weighted by molar-refractivity contribution is 5.72. The molecular weight excluding hydrogens is 209 g/mol. The van der Waals surface area contributed by atoms with Crippen molar-refractivity contribution in [1.29, 1.82) is 0 Å². The van der Waals surface area contributed by atoms with E-state index in [-0.39, 0.29) is 11.9 Å². The summed E-state index contributed by atoms with van der Waals surface area (Å²) in [5.41, 5.74) is 5.79. The molecule has 2 rings (SSSR count). The number of piperazine rings is 1. The normalized spacial score (nSPS) is 20.8. The van der Waals surface area contributed by atoms with E-state index in [4.69, 9.17) is 5.73 Å². The van der Waals surface area contributed by atoms with E-state index < -0.39 is 6.03 Å². The number of rotatable bonds is 1. The van der Waals surface area contributed by atoms with E-state index in [9.17, 15) is 9.18 Å². The SMILES string of the molecule is NC(=O)N1CCNCC1c1ccccc1F. The van der Waals surface area contributed by atoms with Crippen molar-refractivity contribution in [1.82, 2.24) is 10.2 Å². The fourth-order valence-corrected chi connectivity index (χ4v) is 1.99. The van der Waals surface area contributed by atoms with Crippen molar-refractivity contribution in [3.05, 3.63) is 35.6 Å². The summed E-state index contributed by atoms with van der Waals surface area (Å²) in [6, 6.07) is 5.64. The highest BCUT2D eigenvalue weighted by Crippen LogP contribution is 2.24. The Morgan fingerprint density at radius 3 is 2.94 bits per heavy atom. The molecule has 1 atom stereocenters. The van der Waals surface area contributed by atoms with Crippen LogP contribution in [0.4, 0.5) is 9.18 Å². The number of hydrogen-bond donors (Lipinski definition) is 2. The lowest BCUT2D eigenvalue weighted by Gasteiger charge is -2.35. The van der Waals surface area contributed by atoms with Crippen LogP contribution in [0.25, 0.3) is 0 Å². The van der Waals surface area contributed by atoms with Gasteiger partial charge in [-0.25, -0.2) is 9.18 Å². The number of hydrogen-bond acceptors (Lipinski definition) is 2. The van der Waals surface area contributed by atoms with E-state index in [2.05, 4.69) is 5.32 Å². The van der Waals surface area contributed by atoms with Gasteiger partial charge in [0.15, 0.2) is 0 Å². The number of primary amides is 1. The molecule has 86 valence electrons. The van der Waals surface area contributed by atoms with Crippen molar-refractivity contribution < 1.29 is 9.18 Å². The van der Waals surface area contributed by atoms with Gasteiger partial charge in [-0.15, -0.1) is 0 Å². The van der Waals surface area contributed by atoms with Crippen LogP contribution in [-0.4, -0.2) is 30.6 Å². The van der Waals surface area contributed by atoms with Crippen molar-refractivity contribution in [3.8, 4) is 0 Å². The van der Waals surface area contributed by atoms with Crippen LogP contribution in [0, 0.1) is 5.82 Å². The first-order valence-electron chi connectivity index (χ1n) is 5.21. The second kappa shape index (κ2) is 4.49. The van der Waals surface area contributed by atoms with Crippen LogP contribution >= 0.6 is 0 Å². The zero-order valence-electron chi connectivity index (χ0n) is 8.82. The molecule has 3 N–H and O–H groups in total. The Kier molecular flexibility index (Phi) is 3.05. The summed E-state index contributed by atoms with van der Waals surface area (Å²) in [5.74, 6) is -0.303. The largest absolute Gasteiger partial charge is 0.351 e. The van der Waals surface area contributed by atoms with Gasteiger partial charge in [0, 0.05) is 25.2 Å². The molecule has 0 aromatic heterocycles. The van der Waals surface area contributed by atoms with E-state index in [0.29, 0.717) is 25.2 Å². The lowest BCUT2D eigenvalue weighted by Crippen LogP contribution is -2.50. The van der Waals surface area contributed by atoms with E-state index in [1.807, 2.05) is 0 Å². The third-order valence-corrected chi connectivity index (χ3v) is 2.79. The lowest BCUT2D eigenvalue weighted by molar-refractivity contribution is 0.165. The number of nitrogens with zero attached hydrogens (tertiary/aromatic N) is 1. The number of halogens is 1.